The lowest BCUT2D eigenvalue weighted by Gasteiger charge is -2.12. The number of nitrogens with one attached hydrogen (secondary N) is 1. The number of halogens is 2. The number of carboxylic acid groups (broad SMARTS) is 1. The highest BCUT2D eigenvalue weighted by atomic mass is 35.5. The van der Waals surface area contributed by atoms with Crippen molar-refractivity contribution in [2.24, 2.45) is 0 Å². The lowest BCUT2D eigenvalue weighted by atomic mass is 10.1. The molecular formula is C16H13ClFNO4. The summed E-state index contributed by atoms with van der Waals surface area (Å²) in [6.45, 7) is -0.562. The van der Waals surface area contributed by atoms with Crippen molar-refractivity contribution in [3.63, 3.8) is 0 Å². The highest BCUT2D eigenvalue weighted by molar-refractivity contribution is 6.30. The Morgan fingerprint density at radius 3 is 2.70 bits per heavy atom. The zero-order valence-electron chi connectivity index (χ0n) is 11.9. The molecule has 0 aliphatic rings. The average molecular weight is 338 g/mol. The van der Waals surface area contributed by atoms with Crippen molar-refractivity contribution in [2.45, 2.75) is 6.42 Å². The zero-order chi connectivity index (χ0) is 16.8. The number of hydrogen-bond donors (Lipinski definition) is 2. The van der Waals surface area contributed by atoms with Gasteiger partial charge in [-0.05, 0) is 29.8 Å². The molecule has 2 aromatic carbocycles. The highest BCUT2D eigenvalue weighted by Gasteiger charge is 2.11. The normalized spacial score (nSPS) is 10.2. The van der Waals surface area contributed by atoms with Crippen LogP contribution in [-0.2, 0) is 16.0 Å². The van der Waals surface area contributed by atoms with Gasteiger partial charge in [0.1, 0.15) is 11.6 Å². The Bertz CT molecular complexity index is 736. The first-order valence-electron chi connectivity index (χ1n) is 6.62. The number of ether oxygens (including phenoxy) is 1. The van der Waals surface area contributed by atoms with Crippen molar-refractivity contribution in [3.05, 3.63) is 58.9 Å². The molecule has 7 heteroatoms. The van der Waals surface area contributed by atoms with Crippen LogP contribution < -0.4 is 10.1 Å². The molecule has 0 atom stereocenters. The van der Waals surface area contributed by atoms with Gasteiger partial charge in [0.25, 0.3) is 0 Å². The molecule has 2 aromatic rings. The minimum atomic E-state index is -1.15. The third kappa shape index (κ3) is 5.27. The first-order chi connectivity index (χ1) is 10.9. The molecule has 0 aromatic heterocycles. The summed E-state index contributed by atoms with van der Waals surface area (Å²) in [5.41, 5.74) is 0.807. The van der Waals surface area contributed by atoms with E-state index in [0.717, 1.165) is 0 Å². The number of anilines is 1. The van der Waals surface area contributed by atoms with E-state index in [1.807, 2.05) is 0 Å². The molecule has 0 unspecified atom stereocenters. The van der Waals surface area contributed by atoms with Crippen LogP contribution >= 0.6 is 11.6 Å². The maximum atomic E-state index is 13.1. The Morgan fingerprint density at radius 2 is 2.00 bits per heavy atom. The van der Waals surface area contributed by atoms with Crippen molar-refractivity contribution in [1.29, 1.82) is 0 Å². The maximum absolute atomic E-state index is 13.1. The minimum absolute atomic E-state index is 0.0290. The van der Waals surface area contributed by atoms with E-state index >= 15 is 0 Å². The Kier molecular flexibility index (Phi) is 5.54. The van der Waals surface area contributed by atoms with Gasteiger partial charge in [-0.15, -0.1) is 0 Å². The smallest absolute Gasteiger partial charge is 0.341 e. The number of benzene rings is 2. The molecule has 2 rings (SSSR count). The van der Waals surface area contributed by atoms with E-state index in [4.69, 9.17) is 21.4 Å². The molecule has 5 nitrogen and oxygen atoms in total. The predicted molar refractivity (Wildman–Crippen MR) is 83.3 cm³/mol. The van der Waals surface area contributed by atoms with E-state index in [2.05, 4.69) is 5.32 Å². The lowest BCUT2D eigenvalue weighted by molar-refractivity contribution is -0.139. The Labute approximate surface area is 136 Å². The van der Waals surface area contributed by atoms with Gasteiger partial charge in [0, 0.05) is 11.1 Å². The number of carboxylic acids is 1. The van der Waals surface area contributed by atoms with E-state index in [9.17, 15) is 14.0 Å². The topological polar surface area (TPSA) is 75.6 Å². The fourth-order valence-electron chi connectivity index (χ4n) is 1.89. The maximum Gasteiger partial charge on any atom is 0.341 e. The fraction of sp³-hybridized carbons (Fsp3) is 0.125. The number of rotatable bonds is 6. The van der Waals surface area contributed by atoms with Gasteiger partial charge in [0.2, 0.25) is 5.91 Å². The zero-order valence-corrected chi connectivity index (χ0v) is 12.6. The molecule has 0 bridgehead atoms. The summed E-state index contributed by atoms with van der Waals surface area (Å²) in [7, 11) is 0. The van der Waals surface area contributed by atoms with Gasteiger partial charge in [-0.3, -0.25) is 4.79 Å². The molecule has 0 fully saturated rings. The minimum Gasteiger partial charge on any atom is -0.480 e. The Morgan fingerprint density at radius 1 is 1.22 bits per heavy atom. The van der Waals surface area contributed by atoms with Crippen molar-refractivity contribution >= 4 is 29.2 Å². The molecule has 2 N–H and O–H groups in total. The highest BCUT2D eigenvalue weighted by Crippen LogP contribution is 2.28. The van der Waals surface area contributed by atoms with E-state index in [-0.39, 0.29) is 17.9 Å². The summed E-state index contributed by atoms with van der Waals surface area (Å²) in [5, 5.41) is 11.6. The van der Waals surface area contributed by atoms with Gasteiger partial charge in [0.05, 0.1) is 12.1 Å². The summed E-state index contributed by atoms with van der Waals surface area (Å²) in [6, 6.07) is 10.1. The number of amides is 1. The fourth-order valence-corrected chi connectivity index (χ4v) is 2.05. The van der Waals surface area contributed by atoms with Gasteiger partial charge < -0.3 is 15.2 Å². The summed E-state index contributed by atoms with van der Waals surface area (Å²) in [5.74, 6) is -1.82. The van der Waals surface area contributed by atoms with Crippen LogP contribution in [0.2, 0.25) is 5.02 Å². The van der Waals surface area contributed by atoms with Gasteiger partial charge in [-0.25, -0.2) is 9.18 Å². The van der Waals surface area contributed by atoms with Gasteiger partial charge in [0.15, 0.2) is 6.61 Å². The molecule has 120 valence electrons. The predicted octanol–water partition coefficient (Wildman–Crippen LogP) is 3.12. The van der Waals surface area contributed by atoms with Crippen LogP contribution in [-0.4, -0.2) is 23.6 Å². The number of aliphatic carboxylic acids is 1. The first kappa shape index (κ1) is 16.8. The van der Waals surface area contributed by atoms with Crippen LogP contribution in [0.25, 0.3) is 0 Å². The lowest BCUT2D eigenvalue weighted by Crippen LogP contribution is -2.16. The summed E-state index contributed by atoms with van der Waals surface area (Å²) in [4.78, 5) is 22.6. The molecule has 0 spiro atoms. The number of carbonyl (C=O) groups is 2. The van der Waals surface area contributed by atoms with Gasteiger partial charge in [-0.2, -0.15) is 0 Å². The Hall–Kier alpha value is -2.60. The molecule has 0 radical (unpaired) electrons. The number of carbonyl (C=O) groups excluding carboxylic acids is 1. The summed E-state index contributed by atoms with van der Waals surface area (Å²) < 4.78 is 18.2. The molecule has 1 amide bonds. The molecule has 0 aliphatic carbocycles. The molecule has 0 saturated carbocycles. The third-order valence-corrected chi connectivity index (χ3v) is 3.06. The number of hydrogen-bond acceptors (Lipinski definition) is 3. The van der Waals surface area contributed by atoms with Gasteiger partial charge in [-0.1, -0.05) is 23.7 Å². The summed E-state index contributed by atoms with van der Waals surface area (Å²) >= 11 is 5.83. The van der Waals surface area contributed by atoms with Crippen LogP contribution in [0.3, 0.4) is 0 Å². The molecule has 0 saturated heterocycles. The standard InChI is InChI=1S/C16H13ClFNO4/c17-11-4-5-13(14(8-11)23-9-16(21)22)19-15(20)7-10-2-1-3-12(18)6-10/h1-6,8H,7,9H2,(H,19,20)(H,21,22). The quantitative estimate of drug-likeness (QED) is 0.849. The van der Waals surface area contributed by atoms with Crippen LogP contribution in [0.4, 0.5) is 10.1 Å². The first-order valence-corrected chi connectivity index (χ1v) is 7.00. The van der Waals surface area contributed by atoms with Crippen LogP contribution in [0.1, 0.15) is 5.56 Å². The SMILES string of the molecule is O=C(O)COc1cc(Cl)ccc1NC(=O)Cc1cccc(F)c1. The largest absolute Gasteiger partial charge is 0.480 e. The molecule has 23 heavy (non-hydrogen) atoms. The van der Waals surface area contributed by atoms with E-state index in [0.29, 0.717) is 10.6 Å². The molecular weight excluding hydrogens is 325 g/mol. The Balaban J connectivity index is 2.09. The second kappa shape index (κ2) is 7.60. The average Bonchev–Trinajstić information content (AvgIpc) is 2.47. The van der Waals surface area contributed by atoms with Crippen molar-refractivity contribution in [2.75, 3.05) is 11.9 Å². The third-order valence-electron chi connectivity index (χ3n) is 2.82. The second-order valence-corrected chi connectivity index (χ2v) is 5.11. The van der Waals surface area contributed by atoms with Crippen molar-refractivity contribution < 1.29 is 23.8 Å². The molecule has 0 aliphatic heterocycles. The molecule has 0 heterocycles. The second-order valence-electron chi connectivity index (χ2n) is 4.68. The van der Waals surface area contributed by atoms with Crippen LogP contribution in [0.5, 0.6) is 5.75 Å². The van der Waals surface area contributed by atoms with Crippen molar-refractivity contribution in [3.8, 4) is 5.75 Å². The van der Waals surface area contributed by atoms with Crippen LogP contribution in [0.15, 0.2) is 42.5 Å². The van der Waals surface area contributed by atoms with Crippen molar-refractivity contribution in [1.82, 2.24) is 0 Å². The van der Waals surface area contributed by atoms with E-state index in [1.165, 1.54) is 36.4 Å². The monoisotopic (exact) mass is 337 g/mol. The summed E-state index contributed by atoms with van der Waals surface area (Å²) in [6.07, 6.45) is -0.0290. The van der Waals surface area contributed by atoms with Gasteiger partial charge >= 0.3 is 5.97 Å². The van der Waals surface area contributed by atoms with E-state index < -0.39 is 24.3 Å². The van der Waals surface area contributed by atoms with E-state index in [1.54, 1.807) is 6.07 Å². The van der Waals surface area contributed by atoms with Crippen LogP contribution in [0, 0.1) is 5.82 Å².